The second-order valence-corrected chi connectivity index (χ2v) is 7.08. The van der Waals surface area contributed by atoms with Crippen molar-refractivity contribution in [3.8, 4) is 5.69 Å². The van der Waals surface area contributed by atoms with E-state index in [2.05, 4.69) is 44.1 Å². The molecule has 144 valence electrons. The van der Waals surface area contributed by atoms with E-state index in [1.54, 1.807) is 18.2 Å². The van der Waals surface area contributed by atoms with E-state index < -0.39 is 11.2 Å². The van der Waals surface area contributed by atoms with Crippen LogP contribution in [0.3, 0.4) is 0 Å². The number of carbonyl (C=O) groups excluding carboxylic acids is 1. The lowest BCUT2D eigenvalue weighted by Gasteiger charge is -2.11. The lowest BCUT2D eigenvalue weighted by atomic mass is 10.1. The second-order valence-electron chi connectivity index (χ2n) is 6.32. The Hall–Kier alpha value is -2.75. The predicted molar refractivity (Wildman–Crippen MR) is 115 cm³/mol. The first-order chi connectivity index (χ1) is 13.5. The molecule has 0 aliphatic rings. The fourth-order valence-electron chi connectivity index (χ4n) is 2.84. The van der Waals surface area contributed by atoms with E-state index in [1.165, 1.54) is 5.56 Å². The average Bonchev–Trinajstić information content (AvgIpc) is 2.67. The number of aromatic amines is 1. The van der Waals surface area contributed by atoms with Crippen LogP contribution in [0.25, 0.3) is 5.69 Å². The molecule has 8 heteroatoms. The van der Waals surface area contributed by atoms with Gasteiger partial charge in [-0.2, -0.15) is 9.78 Å². The van der Waals surface area contributed by atoms with Crippen LogP contribution in [-0.2, 0) is 10.8 Å². The van der Waals surface area contributed by atoms with Crippen LogP contribution in [0.1, 0.15) is 27.0 Å². The van der Waals surface area contributed by atoms with Crippen molar-refractivity contribution >= 4 is 28.5 Å². The largest absolute Gasteiger partial charge is 0.352 e. The maximum absolute atomic E-state index is 12.7. The van der Waals surface area contributed by atoms with E-state index in [-0.39, 0.29) is 5.91 Å². The Kier molecular flexibility index (Phi) is 6.40. The lowest BCUT2D eigenvalue weighted by molar-refractivity contribution is 0.0953. The summed E-state index contributed by atoms with van der Waals surface area (Å²) in [5.74, 6) is -0.210. The molecule has 1 aromatic heterocycles. The monoisotopic (exact) mass is 490 g/mol. The number of hydrogen-bond donors (Lipinski definition) is 2. The summed E-state index contributed by atoms with van der Waals surface area (Å²) in [5, 5.41) is 6.78. The van der Waals surface area contributed by atoms with Crippen LogP contribution in [0.15, 0.2) is 58.3 Å². The van der Waals surface area contributed by atoms with Gasteiger partial charge in [-0.05, 0) is 36.6 Å². The Morgan fingerprint density at radius 3 is 2.75 bits per heavy atom. The molecule has 0 saturated heterocycles. The number of halogens is 1. The molecule has 1 heterocycles. The fraction of sp³-hybridized carbons (Fsp3) is 0.200. The highest BCUT2D eigenvalue weighted by Crippen LogP contribution is 2.17. The molecule has 0 fully saturated rings. The third-order valence-electron chi connectivity index (χ3n) is 4.22. The molecule has 0 spiro atoms. The third kappa shape index (κ3) is 4.75. The number of nitrogens with one attached hydrogen (secondary N) is 2. The van der Waals surface area contributed by atoms with Crippen LogP contribution in [0, 0.1) is 6.92 Å². The van der Waals surface area contributed by atoms with Gasteiger partial charge >= 0.3 is 5.69 Å². The molecule has 0 aliphatic heterocycles. The van der Waals surface area contributed by atoms with E-state index in [9.17, 15) is 14.4 Å². The zero-order chi connectivity index (χ0) is 20.1. The van der Waals surface area contributed by atoms with Gasteiger partial charge in [0.25, 0.3) is 11.5 Å². The number of alkyl halides is 1. The molecule has 2 aromatic carbocycles. The Balaban J connectivity index is 1.80. The summed E-state index contributed by atoms with van der Waals surface area (Å²) in [6, 6.07) is 13.3. The molecule has 3 aromatic rings. The SMILES string of the molecule is Cc1cccc(CCNC(=O)c2cc(-n3ncc(=O)[nH]c3=O)ccc2CI)c1. The smallest absolute Gasteiger partial charge is 0.349 e. The first kappa shape index (κ1) is 20.0. The summed E-state index contributed by atoms with van der Waals surface area (Å²) in [6.45, 7) is 2.54. The first-order valence-corrected chi connectivity index (χ1v) is 10.2. The van der Waals surface area contributed by atoms with Crippen molar-refractivity contribution in [2.24, 2.45) is 0 Å². The van der Waals surface area contributed by atoms with E-state index in [0.717, 1.165) is 28.4 Å². The number of H-pyrrole nitrogens is 1. The quantitative estimate of drug-likeness (QED) is 0.409. The van der Waals surface area contributed by atoms with E-state index in [4.69, 9.17) is 0 Å². The molecule has 0 saturated carbocycles. The number of benzene rings is 2. The molecule has 0 radical (unpaired) electrons. The van der Waals surface area contributed by atoms with Gasteiger partial charge in [-0.1, -0.05) is 58.5 Å². The van der Waals surface area contributed by atoms with Crippen molar-refractivity contribution in [3.63, 3.8) is 0 Å². The highest BCUT2D eigenvalue weighted by molar-refractivity contribution is 14.1. The Morgan fingerprint density at radius 2 is 2.04 bits per heavy atom. The molecule has 1 amide bonds. The molecule has 28 heavy (non-hydrogen) atoms. The fourth-order valence-corrected chi connectivity index (χ4v) is 3.51. The van der Waals surface area contributed by atoms with Gasteiger partial charge in [0, 0.05) is 16.5 Å². The third-order valence-corrected chi connectivity index (χ3v) is 5.04. The van der Waals surface area contributed by atoms with Crippen molar-refractivity contribution in [1.29, 1.82) is 0 Å². The van der Waals surface area contributed by atoms with Crippen molar-refractivity contribution in [3.05, 3.63) is 91.8 Å². The zero-order valence-electron chi connectivity index (χ0n) is 15.2. The molecule has 3 rings (SSSR count). The van der Waals surface area contributed by atoms with Gasteiger partial charge in [-0.3, -0.25) is 14.6 Å². The first-order valence-electron chi connectivity index (χ1n) is 8.69. The summed E-state index contributed by atoms with van der Waals surface area (Å²) >= 11 is 2.19. The van der Waals surface area contributed by atoms with Crippen LogP contribution in [-0.4, -0.2) is 27.2 Å². The summed E-state index contributed by atoms with van der Waals surface area (Å²) in [4.78, 5) is 38.1. The van der Waals surface area contributed by atoms with Crippen molar-refractivity contribution in [2.75, 3.05) is 6.54 Å². The average molecular weight is 490 g/mol. The molecule has 0 unspecified atom stereocenters. The standard InChI is InChI=1S/C20H19IN4O3/c1-13-3-2-4-14(9-13)7-8-22-19(27)17-10-16(6-5-15(17)11-21)25-20(28)24-18(26)12-23-25/h2-6,9-10,12H,7-8,11H2,1H3,(H,22,27)(H,24,26,28). The minimum Gasteiger partial charge on any atom is -0.352 e. The van der Waals surface area contributed by atoms with Crippen molar-refractivity contribution < 1.29 is 4.79 Å². The Labute approximate surface area is 175 Å². The van der Waals surface area contributed by atoms with Gasteiger partial charge in [0.1, 0.15) is 6.20 Å². The van der Waals surface area contributed by atoms with Crippen LogP contribution >= 0.6 is 22.6 Å². The van der Waals surface area contributed by atoms with Gasteiger partial charge < -0.3 is 5.32 Å². The maximum atomic E-state index is 12.7. The van der Waals surface area contributed by atoms with Crippen LogP contribution in [0.5, 0.6) is 0 Å². The Morgan fingerprint density at radius 1 is 1.21 bits per heavy atom. The number of aryl methyl sites for hydroxylation is 1. The molecule has 0 atom stereocenters. The summed E-state index contributed by atoms with van der Waals surface area (Å²) in [5.41, 5.74) is 2.87. The Bertz CT molecular complexity index is 1120. The van der Waals surface area contributed by atoms with E-state index >= 15 is 0 Å². The van der Waals surface area contributed by atoms with Crippen molar-refractivity contribution in [1.82, 2.24) is 20.1 Å². The number of hydrogen-bond acceptors (Lipinski definition) is 4. The van der Waals surface area contributed by atoms with Gasteiger partial charge in [-0.15, -0.1) is 0 Å². The number of nitrogens with zero attached hydrogens (tertiary/aromatic N) is 2. The van der Waals surface area contributed by atoms with Crippen LogP contribution in [0.4, 0.5) is 0 Å². The molecule has 0 aliphatic carbocycles. The van der Waals surface area contributed by atoms with Gasteiger partial charge in [0.15, 0.2) is 0 Å². The molecule has 2 N–H and O–H groups in total. The van der Waals surface area contributed by atoms with Gasteiger partial charge in [0.2, 0.25) is 0 Å². The summed E-state index contributed by atoms with van der Waals surface area (Å²) < 4.78 is 1.70. The molecule has 7 nitrogen and oxygen atoms in total. The van der Waals surface area contributed by atoms with Crippen molar-refractivity contribution in [2.45, 2.75) is 17.8 Å². The molecular formula is C20H19IN4O3. The second kappa shape index (κ2) is 8.96. The molecular weight excluding hydrogens is 471 g/mol. The van der Waals surface area contributed by atoms with E-state index in [1.807, 2.05) is 25.1 Å². The summed E-state index contributed by atoms with van der Waals surface area (Å²) in [7, 11) is 0. The lowest BCUT2D eigenvalue weighted by Crippen LogP contribution is -2.31. The topological polar surface area (TPSA) is 96.8 Å². The minimum atomic E-state index is -0.652. The predicted octanol–water partition coefficient (Wildman–Crippen LogP) is 2.14. The normalized spacial score (nSPS) is 10.6. The van der Waals surface area contributed by atoms with Crippen LogP contribution in [0.2, 0.25) is 0 Å². The molecule has 0 bridgehead atoms. The highest BCUT2D eigenvalue weighted by Gasteiger charge is 2.13. The van der Waals surface area contributed by atoms with Gasteiger partial charge in [-0.25, -0.2) is 4.79 Å². The summed E-state index contributed by atoms with van der Waals surface area (Å²) in [6.07, 6.45) is 1.75. The van der Waals surface area contributed by atoms with Crippen LogP contribution < -0.4 is 16.6 Å². The minimum absolute atomic E-state index is 0.210. The number of carbonyl (C=O) groups is 1. The van der Waals surface area contributed by atoms with E-state index in [0.29, 0.717) is 22.2 Å². The maximum Gasteiger partial charge on any atom is 0.349 e. The number of rotatable bonds is 6. The highest BCUT2D eigenvalue weighted by atomic mass is 127. The number of aromatic nitrogens is 3. The zero-order valence-corrected chi connectivity index (χ0v) is 17.4. The van der Waals surface area contributed by atoms with Gasteiger partial charge in [0.05, 0.1) is 5.69 Å². The number of amides is 1.